The lowest BCUT2D eigenvalue weighted by atomic mass is 9.92. The SMILES string of the molecule is CCC(C#N)(CCCN(CCCOC)CCOC)NC. The van der Waals surface area contributed by atoms with Gasteiger partial charge < -0.3 is 19.7 Å². The second-order valence-electron chi connectivity index (χ2n) is 5.08. The lowest BCUT2D eigenvalue weighted by molar-refractivity contribution is 0.130. The second kappa shape index (κ2) is 12.1. The van der Waals surface area contributed by atoms with Gasteiger partial charge in [0.1, 0.15) is 5.54 Å². The molecule has 0 aliphatic carbocycles. The van der Waals surface area contributed by atoms with Gasteiger partial charge in [0.2, 0.25) is 0 Å². The van der Waals surface area contributed by atoms with Crippen LogP contribution in [0.1, 0.15) is 32.6 Å². The third-order valence-electron chi connectivity index (χ3n) is 3.81. The van der Waals surface area contributed by atoms with Gasteiger partial charge >= 0.3 is 0 Å². The maximum Gasteiger partial charge on any atom is 0.106 e. The Balaban J connectivity index is 4.13. The lowest BCUT2D eigenvalue weighted by Crippen LogP contribution is -2.41. The van der Waals surface area contributed by atoms with E-state index in [-0.39, 0.29) is 5.54 Å². The monoisotopic (exact) mass is 285 g/mol. The van der Waals surface area contributed by atoms with Crippen molar-refractivity contribution in [2.24, 2.45) is 0 Å². The summed E-state index contributed by atoms with van der Waals surface area (Å²) in [4.78, 5) is 2.38. The number of hydrogen-bond donors (Lipinski definition) is 1. The Kier molecular flexibility index (Phi) is 11.7. The summed E-state index contributed by atoms with van der Waals surface area (Å²) in [5.74, 6) is 0. The highest BCUT2D eigenvalue weighted by Crippen LogP contribution is 2.16. The fourth-order valence-electron chi connectivity index (χ4n) is 2.26. The third-order valence-corrected chi connectivity index (χ3v) is 3.81. The Morgan fingerprint density at radius 1 is 1.10 bits per heavy atom. The van der Waals surface area contributed by atoms with Gasteiger partial charge in [0.25, 0.3) is 0 Å². The Morgan fingerprint density at radius 3 is 2.25 bits per heavy atom. The summed E-state index contributed by atoms with van der Waals surface area (Å²) >= 11 is 0. The van der Waals surface area contributed by atoms with Crippen LogP contribution in [0, 0.1) is 11.3 Å². The Hall–Kier alpha value is -0.670. The average Bonchev–Trinajstić information content (AvgIpc) is 2.49. The van der Waals surface area contributed by atoms with E-state index >= 15 is 0 Å². The molecule has 0 heterocycles. The first kappa shape index (κ1) is 19.3. The van der Waals surface area contributed by atoms with Crippen LogP contribution in [0.2, 0.25) is 0 Å². The molecule has 1 atom stereocenters. The molecule has 0 aliphatic rings. The molecular formula is C15H31N3O2. The van der Waals surface area contributed by atoms with Crippen LogP contribution in [0.25, 0.3) is 0 Å². The molecule has 0 radical (unpaired) electrons. The van der Waals surface area contributed by atoms with E-state index in [1.54, 1.807) is 14.2 Å². The van der Waals surface area contributed by atoms with E-state index in [9.17, 15) is 5.26 Å². The zero-order valence-electron chi connectivity index (χ0n) is 13.6. The van der Waals surface area contributed by atoms with Crippen molar-refractivity contribution in [1.82, 2.24) is 10.2 Å². The number of methoxy groups -OCH3 is 2. The molecule has 1 N–H and O–H groups in total. The number of nitrogens with zero attached hydrogens (tertiary/aromatic N) is 2. The highest BCUT2D eigenvalue weighted by atomic mass is 16.5. The highest BCUT2D eigenvalue weighted by molar-refractivity contribution is 5.05. The first-order valence-corrected chi connectivity index (χ1v) is 7.48. The van der Waals surface area contributed by atoms with Gasteiger partial charge in [-0.15, -0.1) is 0 Å². The number of hydrogen-bond acceptors (Lipinski definition) is 5. The highest BCUT2D eigenvalue weighted by Gasteiger charge is 2.24. The van der Waals surface area contributed by atoms with Crippen molar-refractivity contribution in [3.8, 4) is 6.07 Å². The van der Waals surface area contributed by atoms with Crippen molar-refractivity contribution < 1.29 is 9.47 Å². The molecule has 0 aliphatic heterocycles. The zero-order chi connectivity index (χ0) is 15.3. The molecule has 20 heavy (non-hydrogen) atoms. The smallest absolute Gasteiger partial charge is 0.106 e. The van der Waals surface area contributed by atoms with Crippen molar-refractivity contribution in [3.63, 3.8) is 0 Å². The summed E-state index contributed by atoms with van der Waals surface area (Å²) in [7, 11) is 5.33. The fourth-order valence-corrected chi connectivity index (χ4v) is 2.26. The molecule has 0 spiro atoms. The van der Waals surface area contributed by atoms with Crippen molar-refractivity contribution in [2.45, 2.75) is 38.1 Å². The standard InChI is InChI=1S/C15H31N3O2/c1-5-15(14-16,17-2)8-6-9-18(11-13-20-4)10-7-12-19-3/h17H,5-13H2,1-4H3. The molecule has 0 amide bonds. The minimum atomic E-state index is -0.376. The van der Waals surface area contributed by atoms with Gasteiger partial charge in [-0.25, -0.2) is 0 Å². The van der Waals surface area contributed by atoms with Crippen LogP contribution >= 0.6 is 0 Å². The van der Waals surface area contributed by atoms with Gasteiger partial charge in [0.15, 0.2) is 0 Å². The van der Waals surface area contributed by atoms with Crippen molar-refractivity contribution in [3.05, 3.63) is 0 Å². The molecule has 0 aromatic heterocycles. The molecule has 5 nitrogen and oxygen atoms in total. The molecule has 0 aromatic carbocycles. The fraction of sp³-hybridized carbons (Fsp3) is 0.933. The zero-order valence-corrected chi connectivity index (χ0v) is 13.6. The van der Waals surface area contributed by atoms with Gasteiger partial charge in [0, 0.05) is 33.9 Å². The average molecular weight is 285 g/mol. The van der Waals surface area contributed by atoms with E-state index in [0.29, 0.717) is 0 Å². The van der Waals surface area contributed by atoms with Gasteiger partial charge in [-0.2, -0.15) is 5.26 Å². The molecule has 0 saturated carbocycles. The maximum atomic E-state index is 9.29. The van der Waals surface area contributed by atoms with Crippen LogP contribution in [-0.2, 0) is 9.47 Å². The summed E-state index contributed by atoms with van der Waals surface area (Å²) in [5, 5.41) is 12.5. The first-order chi connectivity index (χ1) is 9.67. The van der Waals surface area contributed by atoms with Gasteiger partial charge in [-0.05, 0) is 39.3 Å². The minimum Gasteiger partial charge on any atom is -0.385 e. The van der Waals surface area contributed by atoms with E-state index in [1.165, 1.54) is 0 Å². The molecule has 0 rings (SSSR count). The Labute approximate surface area is 124 Å². The van der Waals surface area contributed by atoms with Crippen LogP contribution in [0.5, 0.6) is 0 Å². The van der Waals surface area contributed by atoms with E-state index in [0.717, 1.165) is 58.5 Å². The predicted octanol–water partition coefficient (Wildman–Crippen LogP) is 1.64. The van der Waals surface area contributed by atoms with Crippen molar-refractivity contribution in [1.29, 1.82) is 5.26 Å². The summed E-state index contributed by atoms with van der Waals surface area (Å²) in [6, 6.07) is 2.41. The summed E-state index contributed by atoms with van der Waals surface area (Å²) in [6.07, 6.45) is 3.76. The van der Waals surface area contributed by atoms with E-state index < -0.39 is 0 Å². The molecule has 0 fully saturated rings. The number of nitriles is 1. The maximum absolute atomic E-state index is 9.29. The Bertz CT molecular complexity index is 262. The van der Waals surface area contributed by atoms with Crippen LogP contribution in [0.4, 0.5) is 0 Å². The predicted molar refractivity (Wildman–Crippen MR) is 81.7 cm³/mol. The van der Waals surface area contributed by atoms with Crippen LogP contribution in [-0.4, -0.2) is 64.6 Å². The second-order valence-corrected chi connectivity index (χ2v) is 5.08. The number of ether oxygens (including phenoxy) is 2. The van der Waals surface area contributed by atoms with Crippen molar-refractivity contribution in [2.75, 3.05) is 54.1 Å². The van der Waals surface area contributed by atoms with Crippen LogP contribution < -0.4 is 5.32 Å². The summed E-state index contributed by atoms with van der Waals surface area (Å²) in [5.41, 5.74) is -0.376. The third kappa shape index (κ3) is 7.81. The molecule has 0 bridgehead atoms. The van der Waals surface area contributed by atoms with Crippen LogP contribution in [0.3, 0.4) is 0 Å². The molecule has 118 valence electrons. The summed E-state index contributed by atoms with van der Waals surface area (Å²) in [6.45, 7) is 6.54. The number of nitrogens with one attached hydrogen (secondary N) is 1. The molecule has 0 aromatic rings. The van der Waals surface area contributed by atoms with E-state index in [1.807, 2.05) is 7.05 Å². The van der Waals surface area contributed by atoms with Crippen molar-refractivity contribution >= 4 is 0 Å². The number of rotatable bonds is 13. The Morgan fingerprint density at radius 2 is 1.75 bits per heavy atom. The lowest BCUT2D eigenvalue weighted by Gasteiger charge is -2.27. The quantitative estimate of drug-likeness (QED) is 0.521. The topological polar surface area (TPSA) is 57.5 Å². The van der Waals surface area contributed by atoms with Gasteiger partial charge in [0.05, 0.1) is 12.7 Å². The molecule has 5 heteroatoms. The van der Waals surface area contributed by atoms with Gasteiger partial charge in [-0.3, -0.25) is 0 Å². The molecular weight excluding hydrogens is 254 g/mol. The largest absolute Gasteiger partial charge is 0.385 e. The molecule has 1 unspecified atom stereocenters. The van der Waals surface area contributed by atoms with Gasteiger partial charge in [-0.1, -0.05) is 6.92 Å². The minimum absolute atomic E-state index is 0.376. The van der Waals surface area contributed by atoms with E-state index in [2.05, 4.69) is 23.2 Å². The van der Waals surface area contributed by atoms with E-state index in [4.69, 9.17) is 9.47 Å². The molecule has 0 saturated heterocycles. The first-order valence-electron chi connectivity index (χ1n) is 7.48. The van der Waals surface area contributed by atoms with Crippen LogP contribution in [0.15, 0.2) is 0 Å². The summed E-state index contributed by atoms with van der Waals surface area (Å²) < 4.78 is 10.2. The normalized spacial score (nSPS) is 14.2.